The van der Waals surface area contributed by atoms with Crippen molar-refractivity contribution in [3.05, 3.63) is 42.6 Å². The molecular formula is C19H19N5O2. The van der Waals surface area contributed by atoms with Crippen molar-refractivity contribution < 1.29 is 9.84 Å². The maximum Gasteiger partial charge on any atom is 0.213 e. The first kappa shape index (κ1) is 16.1. The highest BCUT2D eigenvalue weighted by atomic mass is 16.5. The summed E-state index contributed by atoms with van der Waals surface area (Å²) in [4.78, 5) is 6.23. The van der Waals surface area contributed by atoms with Crippen molar-refractivity contribution in [2.75, 3.05) is 37.5 Å². The Hall–Kier alpha value is -3.35. The summed E-state index contributed by atoms with van der Waals surface area (Å²) in [5, 5.41) is 22.3. The highest BCUT2D eigenvalue weighted by Gasteiger charge is 2.18. The van der Waals surface area contributed by atoms with E-state index in [1.165, 1.54) is 0 Å². The Kier molecular flexibility index (Phi) is 4.04. The maximum atomic E-state index is 10.6. The van der Waals surface area contributed by atoms with Gasteiger partial charge in [-0.2, -0.15) is 0 Å². The number of likely N-dealkylation sites (N-methyl/N-ethyl adjacent to an activating group) is 1. The van der Waals surface area contributed by atoms with Crippen LogP contribution in [0.5, 0.6) is 11.6 Å². The number of phenols is 1. The first-order valence-corrected chi connectivity index (χ1v) is 8.32. The summed E-state index contributed by atoms with van der Waals surface area (Å²) in [6.45, 7) is 1.74. The second-order valence-electron chi connectivity index (χ2n) is 6.13. The summed E-state index contributed by atoms with van der Waals surface area (Å²) < 4.78 is 5.16. The normalized spacial score (nSPS) is 13.1. The monoisotopic (exact) mass is 349 g/mol. The van der Waals surface area contributed by atoms with Crippen LogP contribution in [0.2, 0.25) is 0 Å². The molecule has 26 heavy (non-hydrogen) atoms. The van der Waals surface area contributed by atoms with Crippen LogP contribution >= 0.6 is 0 Å². The minimum absolute atomic E-state index is 0.152. The average molecular weight is 349 g/mol. The molecule has 0 bridgehead atoms. The number of nitrogens with zero attached hydrogens (tertiary/aromatic N) is 4. The molecule has 7 nitrogen and oxygen atoms in total. The van der Waals surface area contributed by atoms with Crippen LogP contribution < -0.4 is 15.0 Å². The Bertz CT molecular complexity index is 960. The standard InChI is InChI=1S/C19H19N5O2/c1-24-8-7-21-19-16(24)11-15(22-23-19)14-4-3-12(9-17(14)25)13-5-6-20-18(10-13)26-2/h3-6,9-11,25H,7-8H2,1-2H3,(H,21,23). The number of hydrogen-bond acceptors (Lipinski definition) is 7. The molecule has 0 radical (unpaired) electrons. The molecule has 0 saturated carbocycles. The van der Waals surface area contributed by atoms with E-state index in [-0.39, 0.29) is 5.75 Å². The zero-order chi connectivity index (χ0) is 18.1. The van der Waals surface area contributed by atoms with Gasteiger partial charge >= 0.3 is 0 Å². The van der Waals surface area contributed by atoms with Crippen molar-refractivity contribution in [3.8, 4) is 34.0 Å². The molecule has 7 heteroatoms. The van der Waals surface area contributed by atoms with Gasteiger partial charge in [0.25, 0.3) is 0 Å². The summed E-state index contributed by atoms with van der Waals surface area (Å²) in [6, 6.07) is 11.1. The van der Waals surface area contributed by atoms with Crippen molar-refractivity contribution >= 4 is 11.5 Å². The van der Waals surface area contributed by atoms with Gasteiger partial charge in [0.1, 0.15) is 5.75 Å². The zero-order valence-electron chi connectivity index (χ0n) is 14.6. The van der Waals surface area contributed by atoms with Crippen LogP contribution in [0.25, 0.3) is 22.4 Å². The van der Waals surface area contributed by atoms with E-state index in [9.17, 15) is 5.11 Å². The molecule has 0 amide bonds. The Morgan fingerprint density at radius 2 is 1.96 bits per heavy atom. The van der Waals surface area contributed by atoms with E-state index in [1.807, 2.05) is 37.4 Å². The number of ether oxygens (including phenoxy) is 1. The third kappa shape index (κ3) is 2.88. The fourth-order valence-corrected chi connectivity index (χ4v) is 3.02. The molecule has 2 N–H and O–H groups in total. The molecule has 4 rings (SSSR count). The Balaban J connectivity index is 1.71. The van der Waals surface area contributed by atoms with Gasteiger partial charge in [-0.05, 0) is 35.4 Å². The van der Waals surface area contributed by atoms with E-state index < -0.39 is 0 Å². The summed E-state index contributed by atoms with van der Waals surface area (Å²) in [7, 11) is 3.60. The van der Waals surface area contributed by atoms with Crippen molar-refractivity contribution in [2.24, 2.45) is 0 Å². The van der Waals surface area contributed by atoms with Crippen LogP contribution in [0.3, 0.4) is 0 Å². The van der Waals surface area contributed by atoms with Gasteiger partial charge in [0.2, 0.25) is 5.88 Å². The summed E-state index contributed by atoms with van der Waals surface area (Å²) in [6.07, 6.45) is 1.68. The number of anilines is 2. The van der Waals surface area contributed by atoms with Gasteiger partial charge in [-0.3, -0.25) is 0 Å². The average Bonchev–Trinajstić information content (AvgIpc) is 2.68. The SMILES string of the molecule is COc1cc(-c2ccc(-c3cc4c(nn3)NCCN4C)c(O)c2)ccn1. The fraction of sp³-hybridized carbons (Fsp3) is 0.211. The molecule has 1 aliphatic heterocycles. The van der Waals surface area contributed by atoms with E-state index >= 15 is 0 Å². The van der Waals surface area contributed by atoms with Gasteiger partial charge in [-0.15, -0.1) is 10.2 Å². The van der Waals surface area contributed by atoms with Crippen molar-refractivity contribution in [1.29, 1.82) is 0 Å². The molecule has 0 unspecified atom stereocenters. The van der Waals surface area contributed by atoms with E-state index in [2.05, 4.69) is 25.4 Å². The number of nitrogens with one attached hydrogen (secondary N) is 1. The van der Waals surface area contributed by atoms with Gasteiger partial charge < -0.3 is 20.1 Å². The summed E-state index contributed by atoms with van der Waals surface area (Å²) >= 11 is 0. The predicted molar refractivity (Wildman–Crippen MR) is 101 cm³/mol. The van der Waals surface area contributed by atoms with Crippen LogP contribution in [0.4, 0.5) is 11.5 Å². The van der Waals surface area contributed by atoms with Gasteiger partial charge in [0.15, 0.2) is 5.82 Å². The second-order valence-corrected chi connectivity index (χ2v) is 6.13. The number of rotatable bonds is 3. The van der Waals surface area contributed by atoms with Crippen LogP contribution in [0.1, 0.15) is 0 Å². The molecule has 3 heterocycles. The molecule has 0 atom stereocenters. The number of aromatic nitrogens is 3. The van der Waals surface area contributed by atoms with E-state index in [0.717, 1.165) is 35.7 Å². The third-order valence-electron chi connectivity index (χ3n) is 4.48. The minimum Gasteiger partial charge on any atom is -0.507 e. The van der Waals surface area contributed by atoms with Gasteiger partial charge in [0.05, 0.1) is 18.5 Å². The van der Waals surface area contributed by atoms with Crippen molar-refractivity contribution in [3.63, 3.8) is 0 Å². The molecule has 1 aromatic carbocycles. The third-order valence-corrected chi connectivity index (χ3v) is 4.48. The van der Waals surface area contributed by atoms with Crippen LogP contribution in [-0.2, 0) is 0 Å². The summed E-state index contributed by atoms with van der Waals surface area (Å²) in [5.74, 6) is 1.45. The van der Waals surface area contributed by atoms with Crippen molar-refractivity contribution in [2.45, 2.75) is 0 Å². The second kappa shape index (κ2) is 6.51. The van der Waals surface area contributed by atoms with Gasteiger partial charge in [-0.1, -0.05) is 6.07 Å². The highest BCUT2D eigenvalue weighted by molar-refractivity contribution is 5.78. The predicted octanol–water partition coefficient (Wildman–Crippen LogP) is 2.78. The molecule has 3 aromatic rings. The molecule has 2 aromatic heterocycles. The lowest BCUT2D eigenvalue weighted by atomic mass is 10.0. The Labute approximate surface area is 151 Å². The number of aromatic hydroxyl groups is 1. The van der Waals surface area contributed by atoms with Gasteiger partial charge in [-0.25, -0.2) is 4.98 Å². The topological polar surface area (TPSA) is 83.4 Å². The number of benzene rings is 1. The Morgan fingerprint density at radius 3 is 2.77 bits per heavy atom. The summed E-state index contributed by atoms with van der Waals surface area (Å²) in [5.41, 5.74) is 4.04. The van der Waals surface area contributed by atoms with Crippen LogP contribution in [0, 0.1) is 0 Å². The molecule has 1 aliphatic rings. The Morgan fingerprint density at radius 1 is 1.12 bits per heavy atom. The minimum atomic E-state index is 0.152. The van der Waals surface area contributed by atoms with E-state index in [1.54, 1.807) is 19.4 Å². The van der Waals surface area contributed by atoms with Crippen LogP contribution in [-0.4, -0.2) is 47.5 Å². The maximum absolute atomic E-state index is 10.6. The van der Waals surface area contributed by atoms with Crippen LogP contribution in [0.15, 0.2) is 42.6 Å². The zero-order valence-corrected chi connectivity index (χ0v) is 14.6. The number of phenolic OH excluding ortho intramolecular Hbond substituents is 1. The number of hydrogen-bond donors (Lipinski definition) is 2. The lowest BCUT2D eigenvalue weighted by Crippen LogP contribution is -2.31. The molecule has 0 aliphatic carbocycles. The smallest absolute Gasteiger partial charge is 0.213 e. The molecular weight excluding hydrogens is 330 g/mol. The number of fused-ring (bicyclic) bond motifs is 1. The highest BCUT2D eigenvalue weighted by Crippen LogP contribution is 2.35. The largest absolute Gasteiger partial charge is 0.507 e. The van der Waals surface area contributed by atoms with Gasteiger partial charge in [0, 0.05) is 38.0 Å². The quantitative estimate of drug-likeness (QED) is 0.752. The number of pyridine rings is 1. The molecule has 0 fully saturated rings. The lowest BCUT2D eigenvalue weighted by Gasteiger charge is -2.27. The van der Waals surface area contributed by atoms with Crippen molar-refractivity contribution in [1.82, 2.24) is 15.2 Å². The lowest BCUT2D eigenvalue weighted by molar-refractivity contribution is 0.398. The molecule has 132 valence electrons. The first-order valence-electron chi connectivity index (χ1n) is 8.32. The fourth-order valence-electron chi connectivity index (χ4n) is 3.02. The number of methoxy groups -OCH3 is 1. The molecule has 0 saturated heterocycles. The first-order chi connectivity index (χ1) is 12.7. The van der Waals surface area contributed by atoms with E-state index in [4.69, 9.17) is 4.74 Å². The van der Waals surface area contributed by atoms with E-state index in [0.29, 0.717) is 17.1 Å². The molecule has 0 spiro atoms.